The van der Waals surface area contributed by atoms with Gasteiger partial charge in [-0.05, 0) is 37.9 Å². The van der Waals surface area contributed by atoms with E-state index in [2.05, 4.69) is 11.4 Å². The molecule has 2 unspecified atom stereocenters. The lowest BCUT2D eigenvalue weighted by Crippen LogP contribution is -2.22. The first-order valence-corrected chi connectivity index (χ1v) is 6.22. The van der Waals surface area contributed by atoms with Crippen LogP contribution in [-0.2, 0) is 4.74 Å². The Morgan fingerprint density at radius 2 is 2.31 bits per heavy atom. The minimum absolute atomic E-state index is 0.289. The van der Waals surface area contributed by atoms with Crippen molar-refractivity contribution >= 4 is 11.6 Å². The second kappa shape index (κ2) is 5.67. The number of rotatable bonds is 4. The zero-order chi connectivity index (χ0) is 11.4. The van der Waals surface area contributed by atoms with Crippen molar-refractivity contribution in [2.75, 3.05) is 13.7 Å². The lowest BCUT2D eigenvalue weighted by Gasteiger charge is -2.21. The zero-order valence-electron chi connectivity index (χ0n) is 9.58. The van der Waals surface area contributed by atoms with E-state index in [9.17, 15) is 0 Å². The van der Waals surface area contributed by atoms with Gasteiger partial charge in [-0.1, -0.05) is 29.8 Å². The van der Waals surface area contributed by atoms with Crippen molar-refractivity contribution in [3.8, 4) is 0 Å². The number of ether oxygens (including phenoxy) is 1. The number of nitrogens with one attached hydrogen (secondary N) is 1. The van der Waals surface area contributed by atoms with Crippen LogP contribution in [0.1, 0.15) is 30.9 Å². The molecule has 0 aromatic heterocycles. The SMILES string of the molecule is CNC(CC1CCCO1)c1ccccc1Cl. The van der Waals surface area contributed by atoms with Gasteiger partial charge in [0.2, 0.25) is 0 Å². The molecule has 1 aromatic rings. The van der Waals surface area contributed by atoms with E-state index in [1.807, 2.05) is 25.2 Å². The van der Waals surface area contributed by atoms with E-state index in [1.54, 1.807) is 0 Å². The molecule has 1 saturated heterocycles. The van der Waals surface area contributed by atoms with Gasteiger partial charge in [0, 0.05) is 17.7 Å². The second-order valence-electron chi connectivity index (χ2n) is 4.23. The van der Waals surface area contributed by atoms with Gasteiger partial charge in [0.1, 0.15) is 0 Å². The highest BCUT2D eigenvalue weighted by atomic mass is 35.5. The van der Waals surface area contributed by atoms with E-state index in [4.69, 9.17) is 16.3 Å². The Morgan fingerprint density at radius 3 is 2.94 bits per heavy atom. The highest BCUT2D eigenvalue weighted by molar-refractivity contribution is 6.31. The third-order valence-corrected chi connectivity index (χ3v) is 3.50. The lowest BCUT2D eigenvalue weighted by molar-refractivity contribution is 0.0954. The van der Waals surface area contributed by atoms with E-state index in [1.165, 1.54) is 18.4 Å². The van der Waals surface area contributed by atoms with Crippen LogP contribution >= 0.6 is 11.6 Å². The maximum Gasteiger partial charge on any atom is 0.0594 e. The summed E-state index contributed by atoms with van der Waals surface area (Å²) in [6.45, 7) is 0.906. The molecule has 16 heavy (non-hydrogen) atoms. The largest absolute Gasteiger partial charge is 0.378 e. The topological polar surface area (TPSA) is 21.3 Å². The highest BCUT2D eigenvalue weighted by Gasteiger charge is 2.21. The van der Waals surface area contributed by atoms with Crippen LogP contribution in [0, 0.1) is 0 Å². The Labute approximate surface area is 102 Å². The molecule has 0 radical (unpaired) electrons. The second-order valence-corrected chi connectivity index (χ2v) is 4.64. The van der Waals surface area contributed by atoms with Crippen molar-refractivity contribution in [3.63, 3.8) is 0 Å². The molecule has 1 aromatic carbocycles. The van der Waals surface area contributed by atoms with Crippen molar-refractivity contribution in [1.29, 1.82) is 0 Å². The first-order chi connectivity index (χ1) is 7.81. The van der Waals surface area contributed by atoms with Crippen molar-refractivity contribution in [2.24, 2.45) is 0 Å². The standard InChI is InChI=1S/C13H18ClNO/c1-15-13(9-10-5-4-8-16-10)11-6-2-3-7-12(11)14/h2-3,6-7,10,13,15H,4-5,8-9H2,1H3. The Hall–Kier alpha value is -0.570. The summed E-state index contributed by atoms with van der Waals surface area (Å²) in [6.07, 6.45) is 3.74. The molecule has 0 saturated carbocycles. The average Bonchev–Trinajstić information content (AvgIpc) is 2.80. The summed E-state index contributed by atoms with van der Waals surface area (Å²) in [4.78, 5) is 0. The molecule has 0 aliphatic carbocycles. The van der Waals surface area contributed by atoms with Crippen LogP contribution in [0.2, 0.25) is 5.02 Å². The zero-order valence-corrected chi connectivity index (χ0v) is 10.3. The summed E-state index contributed by atoms with van der Waals surface area (Å²) in [5.41, 5.74) is 1.17. The molecule has 2 nitrogen and oxygen atoms in total. The van der Waals surface area contributed by atoms with Crippen molar-refractivity contribution in [2.45, 2.75) is 31.4 Å². The van der Waals surface area contributed by atoms with E-state index in [0.717, 1.165) is 18.1 Å². The highest BCUT2D eigenvalue weighted by Crippen LogP contribution is 2.29. The third-order valence-electron chi connectivity index (χ3n) is 3.15. The van der Waals surface area contributed by atoms with Gasteiger partial charge in [-0.3, -0.25) is 0 Å². The van der Waals surface area contributed by atoms with Gasteiger partial charge in [-0.15, -0.1) is 0 Å². The fourth-order valence-electron chi connectivity index (χ4n) is 2.25. The third kappa shape index (κ3) is 2.76. The number of hydrogen-bond acceptors (Lipinski definition) is 2. The minimum Gasteiger partial charge on any atom is -0.378 e. The summed E-state index contributed by atoms with van der Waals surface area (Å²) in [7, 11) is 1.98. The molecule has 2 rings (SSSR count). The van der Waals surface area contributed by atoms with Crippen LogP contribution < -0.4 is 5.32 Å². The maximum atomic E-state index is 6.20. The summed E-state index contributed by atoms with van der Waals surface area (Å²) >= 11 is 6.20. The maximum absolute atomic E-state index is 6.20. The molecular weight excluding hydrogens is 222 g/mol. The van der Waals surface area contributed by atoms with Gasteiger partial charge >= 0.3 is 0 Å². The van der Waals surface area contributed by atoms with Crippen LogP contribution in [0.4, 0.5) is 0 Å². The predicted octanol–water partition coefficient (Wildman–Crippen LogP) is 3.17. The molecule has 1 N–H and O–H groups in total. The Balaban J connectivity index is 2.06. The molecular formula is C13H18ClNO. The van der Waals surface area contributed by atoms with Crippen LogP contribution in [0.15, 0.2) is 24.3 Å². The van der Waals surface area contributed by atoms with E-state index < -0.39 is 0 Å². The summed E-state index contributed by atoms with van der Waals surface area (Å²) in [5, 5.41) is 4.15. The normalized spacial score (nSPS) is 22.2. The Morgan fingerprint density at radius 1 is 1.50 bits per heavy atom. The molecule has 88 valence electrons. The van der Waals surface area contributed by atoms with Gasteiger partial charge in [-0.2, -0.15) is 0 Å². The van der Waals surface area contributed by atoms with Crippen LogP contribution in [0.5, 0.6) is 0 Å². The van der Waals surface area contributed by atoms with Gasteiger partial charge in [0.05, 0.1) is 6.10 Å². The van der Waals surface area contributed by atoms with Crippen LogP contribution in [0.3, 0.4) is 0 Å². The number of halogens is 1. The minimum atomic E-state index is 0.289. The van der Waals surface area contributed by atoms with Gasteiger partial charge in [0.15, 0.2) is 0 Å². The fourth-order valence-corrected chi connectivity index (χ4v) is 2.52. The molecule has 1 aliphatic heterocycles. The first kappa shape index (κ1) is 11.9. The molecule has 0 bridgehead atoms. The average molecular weight is 240 g/mol. The summed E-state index contributed by atoms with van der Waals surface area (Å²) in [5.74, 6) is 0. The van der Waals surface area contributed by atoms with Gasteiger partial charge < -0.3 is 10.1 Å². The molecule has 0 spiro atoms. The van der Waals surface area contributed by atoms with E-state index in [0.29, 0.717) is 6.10 Å². The quantitative estimate of drug-likeness (QED) is 0.872. The van der Waals surface area contributed by atoms with Crippen LogP contribution in [-0.4, -0.2) is 19.8 Å². The number of benzene rings is 1. The summed E-state index contributed by atoms with van der Waals surface area (Å²) in [6, 6.07) is 8.30. The summed E-state index contributed by atoms with van der Waals surface area (Å²) < 4.78 is 5.66. The Kier molecular flexibility index (Phi) is 4.22. The van der Waals surface area contributed by atoms with E-state index in [-0.39, 0.29) is 6.04 Å². The molecule has 1 fully saturated rings. The van der Waals surface area contributed by atoms with Crippen molar-refractivity contribution in [3.05, 3.63) is 34.9 Å². The molecule has 2 atom stereocenters. The lowest BCUT2D eigenvalue weighted by atomic mass is 9.99. The smallest absolute Gasteiger partial charge is 0.0594 e. The van der Waals surface area contributed by atoms with Gasteiger partial charge in [-0.25, -0.2) is 0 Å². The Bertz CT molecular complexity index is 336. The molecule has 3 heteroatoms. The molecule has 1 aliphatic rings. The van der Waals surface area contributed by atoms with Crippen molar-refractivity contribution in [1.82, 2.24) is 5.32 Å². The van der Waals surface area contributed by atoms with Crippen molar-refractivity contribution < 1.29 is 4.74 Å². The molecule has 1 heterocycles. The van der Waals surface area contributed by atoms with E-state index >= 15 is 0 Å². The monoisotopic (exact) mass is 239 g/mol. The number of hydrogen-bond donors (Lipinski definition) is 1. The van der Waals surface area contributed by atoms with Gasteiger partial charge in [0.25, 0.3) is 0 Å². The molecule has 0 amide bonds. The fraction of sp³-hybridized carbons (Fsp3) is 0.538. The predicted molar refractivity (Wildman–Crippen MR) is 66.8 cm³/mol. The van der Waals surface area contributed by atoms with Crippen LogP contribution in [0.25, 0.3) is 0 Å². The first-order valence-electron chi connectivity index (χ1n) is 5.84.